The van der Waals surface area contributed by atoms with Gasteiger partial charge in [-0.25, -0.2) is 4.99 Å². The summed E-state index contributed by atoms with van der Waals surface area (Å²) in [5, 5.41) is 2.31. The van der Waals surface area contributed by atoms with E-state index in [2.05, 4.69) is 176 Å². The number of rotatable bonds is 7. The van der Waals surface area contributed by atoms with Gasteiger partial charge in [-0.1, -0.05) is 164 Å². The molecule has 0 amide bonds. The first-order valence-electron chi connectivity index (χ1n) is 17.9. The van der Waals surface area contributed by atoms with Gasteiger partial charge in [-0.3, -0.25) is 4.99 Å². The Morgan fingerprint density at radius 2 is 1.16 bits per heavy atom. The van der Waals surface area contributed by atoms with Gasteiger partial charge in [-0.15, -0.1) is 0 Å². The molecule has 2 aliphatic carbocycles. The standard InChI is InChI=1S/C49H40N2/c1-50-49(51-48(36-21-7-3-8-22-36)37-23-9-4-10-24-37)47-34-39(33-38-25-11-12-27-41(38)47)42-28-14-16-30-44(42)46-32-18-17-31-45(46)43-29-15-13-26-40(43)35-19-5-2-6-20-35/h2-3,5-7,9,11-21,23-34H,4,8,10,22H2,1H3. The SMILES string of the molecule is CN=C(N=C(C1=CCCC=C1)C1=CC=CCC1)c1cc(-c2ccccc2-c2ccccc2-c2ccccc2-c2ccccc2)cc2ccccc12. The molecule has 0 aromatic heterocycles. The Morgan fingerprint density at radius 3 is 1.78 bits per heavy atom. The largest absolute Gasteiger partial charge is 0.270 e. The molecule has 51 heavy (non-hydrogen) atoms. The highest BCUT2D eigenvalue weighted by molar-refractivity contribution is 6.23. The van der Waals surface area contributed by atoms with Crippen molar-refractivity contribution >= 4 is 22.3 Å². The summed E-state index contributed by atoms with van der Waals surface area (Å²) >= 11 is 0. The average molecular weight is 657 g/mol. The number of benzene rings is 6. The van der Waals surface area contributed by atoms with Gasteiger partial charge < -0.3 is 0 Å². The maximum atomic E-state index is 5.41. The number of fused-ring (bicyclic) bond motifs is 1. The van der Waals surface area contributed by atoms with Gasteiger partial charge in [-0.05, 0) is 104 Å². The molecule has 2 aliphatic rings. The van der Waals surface area contributed by atoms with Crippen LogP contribution in [0.1, 0.15) is 31.2 Å². The first-order valence-corrected chi connectivity index (χ1v) is 17.9. The van der Waals surface area contributed by atoms with Gasteiger partial charge in [-0.2, -0.15) is 0 Å². The van der Waals surface area contributed by atoms with Crippen molar-refractivity contribution in [3.05, 3.63) is 193 Å². The average Bonchev–Trinajstić information content (AvgIpc) is 3.22. The van der Waals surface area contributed by atoms with E-state index < -0.39 is 0 Å². The first kappa shape index (κ1) is 32.1. The van der Waals surface area contributed by atoms with Gasteiger partial charge in [0.1, 0.15) is 0 Å². The van der Waals surface area contributed by atoms with Crippen molar-refractivity contribution in [3.63, 3.8) is 0 Å². The third-order valence-corrected chi connectivity index (χ3v) is 9.88. The molecule has 6 aromatic carbocycles. The summed E-state index contributed by atoms with van der Waals surface area (Å²) in [6, 6.07) is 50.2. The highest BCUT2D eigenvalue weighted by Gasteiger charge is 2.19. The Hall–Kier alpha value is -6.12. The summed E-state index contributed by atoms with van der Waals surface area (Å²) in [5.41, 5.74) is 14.1. The third kappa shape index (κ3) is 6.61. The monoisotopic (exact) mass is 656 g/mol. The van der Waals surface area contributed by atoms with E-state index in [9.17, 15) is 0 Å². The topological polar surface area (TPSA) is 24.7 Å². The van der Waals surface area contributed by atoms with Crippen molar-refractivity contribution in [3.8, 4) is 44.5 Å². The fourth-order valence-corrected chi connectivity index (χ4v) is 7.41. The molecule has 0 unspecified atom stereocenters. The zero-order chi connectivity index (χ0) is 34.4. The maximum absolute atomic E-state index is 5.41. The van der Waals surface area contributed by atoms with E-state index in [1.807, 2.05) is 7.05 Å². The quantitative estimate of drug-likeness (QED) is 0.121. The highest BCUT2D eigenvalue weighted by atomic mass is 14.9. The molecule has 2 nitrogen and oxygen atoms in total. The second-order valence-electron chi connectivity index (χ2n) is 13.1. The van der Waals surface area contributed by atoms with Crippen LogP contribution in [0.2, 0.25) is 0 Å². The summed E-state index contributed by atoms with van der Waals surface area (Å²) in [6.45, 7) is 0. The van der Waals surface area contributed by atoms with Crippen molar-refractivity contribution in [2.45, 2.75) is 25.7 Å². The molecular weight excluding hydrogens is 617 g/mol. The highest BCUT2D eigenvalue weighted by Crippen LogP contribution is 2.42. The number of hydrogen-bond donors (Lipinski definition) is 0. The number of allylic oxidation sites excluding steroid dienone is 8. The van der Waals surface area contributed by atoms with E-state index in [-0.39, 0.29) is 0 Å². The summed E-state index contributed by atoms with van der Waals surface area (Å²) < 4.78 is 0. The number of nitrogens with zero attached hydrogens (tertiary/aromatic N) is 2. The molecule has 246 valence electrons. The lowest BCUT2D eigenvalue weighted by molar-refractivity contribution is 0.997. The van der Waals surface area contributed by atoms with E-state index >= 15 is 0 Å². The van der Waals surface area contributed by atoms with Crippen molar-refractivity contribution in [1.29, 1.82) is 0 Å². The zero-order valence-corrected chi connectivity index (χ0v) is 29.0. The fraction of sp³-hybridized carbons (Fsp3) is 0.102. The molecule has 8 rings (SSSR count). The second kappa shape index (κ2) is 14.8. The predicted molar refractivity (Wildman–Crippen MR) is 219 cm³/mol. The zero-order valence-electron chi connectivity index (χ0n) is 29.0. The lowest BCUT2D eigenvalue weighted by atomic mass is 9.86. The minimum atomic E-state index is 0.744. The van der Waals surface area contributed by atoms with Crippen LogP contribution in [0.5, 0.6) is 0 Å². The van der Waals surface area contributed by atoms with Crippen molar-refractivity contribution in [2.24, 2.45) is 9.98 Å². The third-order valence-electron chi connectivity index (χ3n) is 9.88. The van der Waals surface area contributed by atoms with Crippen LogP contribution in [0, 0.1) is 0 Å². The molecule has 0 atom stereocenters. The molecule has 0 fully saturated rings. The molecule has 0 radical (unpaired) electrons. The van der Waals surface area contributed by atoms with Crippen LogP contribution in [0.4, 0.5) is 0 Å². The fourth-order valence-electron chi connectivity index (χ4n) is 7.41. The lowest BCUT2D eigenvalue weighted by Crippen LogP contribution is -2.12. The summed E-state index contributed by atoms with van der Waals surface area (Å²) in [7, 11) is 1.87. The van der Waals surface area contributed by atoms with E-state index in [1.54, 1.807) is 0 Å². The summed E-state index contributed by atoms with van der Waals surface area (Å²) in [5.74, 6) is 0.744. The number of amidine groups is 1. The van der Waals surface area contributed by atoms with Gasteiger partial charge in [0.2, 0.25) is 0 Å². The smallest absolute Gasteiger partial charge is 0.155 e. The van der Waals surface area contributed by atoms with Crippen LogP contribution >= 0.6 is 0 Å². The van der Waals surface area contributed by atoms with Crippen LogP contribution in [-0.2, 0) is 0 Å². The molecule has 0 bridgehead atoms. The Bertz CT molecular complexity index is 2420. The Balaban J connectivity index is 1.30. The van der Waals surface area contributed by atoms with Crippen molar-refractivity contribution < 1.29 is 0 Å². The number of aliphatic imine (C=N–C) groups is 2. The van der Waals surface area contributed by atoms with Crippen LogP contribution in [0.15, 0.2) is 197 Å². The van der Waals surface area contributed by atoms with Crippen molar-refractivity contribution in [1.82, 2.24) is 0 Å². The maximum Gasteiger partial charge on any atom is 0.155 e. The second-order valence-corrected chi connectivity index (χ2v) is 13.1. The van der Waals surface area contributed by atoms with Gasteiger partial charge >= 0.3 is 0 Å². The molecule has 0 N–H and O–H groups in total. The summed E-state index contributed by atoms with van der Waals surface area (Å²) in [4.78, 5) is 10.3. The van der Waals surface area contributed by atoms with E-state index in [0.29, 0.717) is 0 Å². The Morgan fingerprint density at radius 1 is 0.549 bits per heavy atom. The van der Waals surface area contributed by atoms with Gasteiger partial charge in [0, 0.05) is 12.6 Å². The van der Waals surface area contributed by atoms with Gasteiger partial charge in [0.15, 0.2) is 5.84 Å². The first-order chi connectivity index (χ1) is 25.3. The molecule has 6 aromatic rings. The van der Waals surface area contributed by atoms with Crippen LogP contribution in [-0.4, -0.2) is 18.6 Å². The van der Waals surface area contributed by atoms with Gasteiger partial charge in [0.25, 0.3) is 0 Å². The molecule has 2 heteroatoms. The minimum Gasteiger partial charge on any atom is -0.270 e. The van der Waals surface area contributed by atoms with E-state index in [1.165, 1.54) is 50.1 Å². The molecule has 0 aliphatic heterocycles. The van der Waals surface area contributed by atoms with Gasteiger partial charge in [0.05, 0.1) is 5.71 Å². The molecule has 0 spiro atoms. The lowest BCUT2D eigenvalue weighted by Gasteiger charge is -2.19. The number of hydrogen-bond acceptors (Lipinski definition) is 1. The van der Waals surface area contributed by atoms with Crippen molar-refractivity contribution in [2.75, 3.05) is 7.05 Å². The normalized spacial score (nSPS) is 14.8. The van der Waals surface area contributed by atoms with E-state index in [4.69, 9.17) is 9.98 Å². The minimum absolute atomic E-state index is 0.744. The van der Waals surface area contributed by atoms with Crippen LogP contribution < -0.4 is 0 Å². The molecule has 0 saturated carbocycles. The Kier molecular flexibility index (Phi) is 9.31. The predicted octanol–water partition coefficient (Wildman–Crippen LogP) is 12.9. The van der Waals surface area contributed by atoms with E-state index in [0.717, 1.165) is 59.1 Å². The summed E-state index contributed by atoms with van der Waals surface area (Å²) in [6.07, 6.45) is 17.5. The molecule has 0 heterocycles. The van der Waals surface area contributed by atoms with Crippen LogP contribution in [0.25, 0.3) is 55.3 Å². The molecule has 0 saturated heterocycles. The molecular formula is C49H40N2. The van der Waals surface area contributed by atoms with Crippen LogP contribution in [0.3, 0.4) is 0 Å². The Labute approximate surface area is 301 Å².